The fraction of sp³-hybridized carbons (Fsp3) is 0.500. The summed E-state index contributed by atoms with van der Waals surface area (Å²) in [6.45, 7) is 4.40. The van der Waals surface area contributed by atoms with E-state index in [1.54, 1.807) is 12.7 Å². The minimum Gasteiger partial charge on any atom is -0.308 e. The van der Waals surface area contributed by atoms with Gasteiger partial charge in [-0.2, -0.15) is 5.10 Å². The lowest BCUT2D eigenvalue weighted by molar-refractivity contribution is -0.120. The number of carbonyl (C=O) groups is 1. The highest BCUT2D eigenvalue weighted by atomic mass is 16.2. The highest BCUT2D eigenvalue weighted by Gasteiger charge is 2.34. The molecule has 6 heteroatoms. The van der Waals surface area contributed by atoms with Crippen molar-refractivity contribution in [3.63, 3.8) is 0 Å². The van der Waals surface area contributed by atoms with E-state index < -0.39 is 0 Å². The summed E-state index contributed by atoms with van der Waals surface area (Å²) in [5.41, 5.74) is 2.36. The van der Waals surface area contributed by atoms with Gasteiger partial charge in [0.15, 0.2) is 0 Å². The monoisotopic (exact) mass is 325 g/mol. The summed E-state index contributed by atoms with van der Waals surface area (Å²) in [4.78, 5) is 21.3. The maximum atomic E-state index is 13.0. The van der Waals surface area contributed by atoms with Crippen LogP contribution in [0.15, 0.2) is 36.9 Å². The molecule has 1 fully saturated rings. The molecule has 0 aliphatic carbocycles. The zero-order chi connectivity index (χ0) is 16.5. The largest absolute Gasteiger partial charge is 0.308 e. The number of rotatable bonds is 4. The summed E-state index contributed by atoms with van der Waals surface area (Å²) in [7, 11) is 0. The molecule has 1 amide bonds. The number of fused-ring (bicyclic) bond motifs is 1. The summed E-state index contributed by atoms with van der Waals surface area (Å²) in [5, 5.41) is 4.20. The minimum atomic E-state index is 0.206. The van der Waals surface area contributed by atoms with Crippen LogP contribution in [-0.2, 0) is 17.8 Å². The van der Waals surface area contributed by atoms with E-state index in [1.807, 2.05) is 21.7 Å². The maximum Gasteiger partial charge on any atom is 0.241 e. The Morgan fingerprint density at radius 1 is 1.33 bits per heavy atom. The first-order chi connectivity index (χ1) is 11.7. The average Bonchev–Trinajstić information content (AvgIpc) is 3.28. The van der Waals surface area contributed by atoms with E-state index in [4.69, 9.17) is 0 Å². The quantitative estimate of drug-likeness (QED) is 0.859. The van der Waals surface area contributed by atoms with Gasteiger partial charge in [-0.3, -0.25) is 14.4 Å². The minimum absolute atomic E-state index is 0.206. The van der Waals surface area contributed by atoms with Crippen molar-refractivity contribution in [3.05, 3.63) is 42.5 Å². The second-order valence-corrected chi connectivity index (χ2v) is 6.83. The summed E-state index contributed by atoms with van der Waals surface area (Å²) in [5.74, 6) is 0.206. The van der Waals surface area contributed by atoms with E-state index >= 15 is 0 Å². The van der Waals surface area contributed by atoms with E-state index in [9.17, 15) is 4.79 Å². The summed E-state index contributed by atoms with van der Waals surface area (Å²) in [6.07, 6.45) is 6.51. The highest BCUT2D eigenvalue weighted by Crippen LogP contribution is 2.32. The molecule has 2 aliphatic heterocycles. The topological polar surface area (TPSA) is 54.3 Å². The van der Waals surface area contributed by atoms with Crippen molar-refractivity contribution < 1.29 is 4.79 Å². The molecule has 0 unspecified atom stereocenters. The van der Waals surface area contributed by atoms with E-state index in [0.717, 1.165) is 38.0 Å². The summed E-state index contributed by atoms with van der Waals surface area (Å²) >= 11 is 0. The van der Waals surface area contributed by atoms with Gasteiger partial charge in [-0.05, 0) is 44.4 Å². The smallest absolute Gasteiger partial charge is 0.241 e. The van der Waals surface area contributed by atoms with Crippen molar-refractivity contribution in [3.8, 4) is 0 Å². The lowest BCUT2D eigenvalue weighted by Gasteiger charge is -2.28. The molecule has 6 nitrogen and oxygen atoms in total. The molecular weight excluding hydrogens is 302 g/mol. The van der Waals surface area contributed by atoms with Gasteiger partial charge in [0, 0.05) is 17.8 Å². The third-order valence-corrected chi connectivity index (χ3v) is 5.18. The number of nitrogens with zero attached hydrogens (tertiary/aromatic N) is 5. The number of amides is 1. The number of aromatic nitrogens is 3. The van der Waals surface area contributed by atoms with Gasteiger partial charge in [-0.1, -0.05) is 18.2 Å². The number of hydrogen-bond acceptors (Lipinski definition) is 4. The molecule has 0 bridgehead atoms. The predicted octanol–water partition coefficient (Wildman–Crippen LogP) is 1.72. The SMILES string of the molecule is C[C@@H]1Cc2ccccc2N1C(=O)CN1CCC[C@@H]1Cn1cncn1. The Balaban J connectivity index is 1.45. The van der Waals surface area contributed by atoms with E-state index in [0.29, 0.717) is 12.6 Å². The van der Waals surface area contributed by atoms with Crippen molar-refractivity contribution in [2.75, 3.05) is 18.0 Å². The van der Waals surface area contributed by atoms with Crippen LogP contribution in [0.4, 0.5) is 5.69 Å². The molecule has 0 saturated carbocycles. The van der Waals surface area contributed by atoms with Gasteiger partial charge in [0.2, 0.25) is 5.91 Å². The zero-order valence-corrected chi connectivity index (χ0v) is 14.0. The van der Waals surface area contributed by atoms with Gasteiger partial charge in [-0.15, -0.1) is 0 Å². The van der Waals surface area contributed by atoms with Crippen LogP contribution in [0.2, 0.25) is 0 Å². The van der Waals surface area contributed by atoms with Crippen molar-refractivity contribution >= 4 is 11.6 Å². The summed E-state index contributed by atoms with van der Waals surface area (Å²) in [6, 6.07) is 8.86. The van der Waals surface area contributed by atoms with Gasteiger partial charge in [0.1, 0.15) is 12.7 Å². The van der Waals surface area contributed by atoms with Crippen LogP contribution in [0.3, 0.4) is 0 Å². The number of para-hydroxylation sites is 1. The fourth-order valence-corrected chi connectivity index (χ4v) is 4.05. The van der Waals surface area contributed by atoms with Crippen molar-refractivity contribution in [2.24, 2.45) is 0 Å². The molecule has 0 spiro atoms. The standard InChI is InChI=1S/C18H23N5O/c1-14-9-15-5-2-3-7-17(15)23(14)18(24)11-21-8-4-6-16(21)10-22-13-19-12-20-22/h2-3,5,7,12-14,16H,4,6,8-11H2,1H3/t14-,16-/m1/s1. The molecule has 24 heavy (non-hydrogen) atoms. The molecule has 126 valence electrons. The Hall–Kier alpha value is -2.21. The molecule has 0 N–H and O–H groups in total. The van der Waals surface area contributed by atoms with E-state index in [2.05, 4.69) is 34.0 Å². The van der Waals surface area contributed by atoms with Crippen LogP contribution in [0.5, 0.6) is 0 Å². The number of likely N-dealkylation sites (tertiary alicyclic amines) is 1. The normalized spacial score (nSPS) is 23.6. The maximum absolute atomic E-state index is 13.0. The van der Waals surface area contributed by atoms with Gasteiger partial charge < -0.3 is 4.90 Å². The second-order valence-electron chi connectivity index (χ2n) is 6.83. The lowest BCUT2D eigenvalue weighted by Crippen LogP contribution is -2.45. The van der Waals surface area contributed by atoms with Gasteiger partial charge in [0.25, 0.3) is 0 Å². The van der Waals surface area contributed by atoms with E-state index in [-0.39, 0.29) is 11.9 Å². The molecule has 2 aromatic rings. The third-order valence-electron chi connectivity index (χ3n) is 5.18. The van der Waals surface area contributed by atoms with Crippen LogP contribution < -0.4 is 4.90 Å². The van der Waals surface area contributed by atoms with Gasteiger partial charge in [0.05, 0.1) is 13.1 Å². The first kappa shape index (κ1) is 15.3. The van der Waals surface area contributed by atoms with Crippen LogP contribution in [0.25, 0.3) is 0 Å². The molecule has 1 saturated heterocycles. The first-order valence-corrected chi connectivity index (χ1v) is 8.69. The van der Waals surface area contributed by atoms with Gasteiger partial charge in [-0.25, -0.2) is 4.98 Å². The highest BCUT2D eigenvalue weighted by molar-refractivity contribution is 5.97. The van der Waals surface area contributed by atoms with Gasteiger partial charge >= 0.3 is 0 Å². The number of carbonyl (C=O) groups excluding carboxylic acids is 1. The first-order valence-electron chi connectivity index (χ1n) is 8.69. The fourth-order valence-electron chi connectivity index (χ4n) is 4.05. The third kappa shape index (κ3) is 2.82. The Kier molecular flexibility index (Phi) is 4.06. The molecular formula is C18H23N5O. The molecule has 1 aromatic carbocycles. The Labute approximate surface area is 142 Å². The molecule has 0 radical (unpaired) electrons. The Bertz CT molecular complexity index is 714. The number of benzene rings is 1. The van der Waals surface area contributed by atoms with Crippen molar-refractivity contribution in [1.29, 1.82) is 0 Å². The average molecular weight is 325 g/mol. The van der Waals surface area contributed by atoms with Crippen molar-refractivity contribution in [1.82, 2.24) is 19.7 Å². The second kappa shape index (κ2) is 6.36. The van der Waals surface area contributed by atoms with Crippen LogP contribution in [0.1, 0.15) is 25.3 Å². The Morgan fingerprint density at radius 3 is 3.04 bits per heavy atom. The molecule has 2 aliphatic rings. The number of anilines is 1. The number of hydrogen-bond donors (Lipinski definition) is 0. The molecule has 1 aromatic heterocycles. The zero-order valence-electron chi connectivity index (χ0n) is 14.0. The molecule has 2 atom stereocenters. The Morgan fingerprint density at radius 2 is 2.21 bits per heavy atom. The summed E-state index contributed by atoms with van der Waals surface area (Å²) < 4.78 is 1.86. The van der Waals surface area contributed by atoms with Crippen LogP contribution in [0, 0.1) is 0 Å². The molecule has 3 heterocycles. The predicted molar refractivity (Wildman–Crippen MR) is 91.7 cm³/mol. The van der Waals surface area contributed by atoms with Crippen molar-refractivity contribution in [2.45, 2.75) is 44.8 Å². The van der Waals surface area contributed by atoms with Crippen LogP contribution >= 0.6 is 0 Å². The lowest BCUT2D eigenvalue weighted by atomic mass is 10.1. The van der Waals surface area contributed by atoms with E-state index in [1.165, 1.54) is 5.56 Å². The molecule has 4 rings (SSSR count). The van der Waals surface area contributed by atoms with Crippen LogP contribution in [-0.4, -0.2) is 50.7 Å².